The van der Waals surface area contributed by atoms with Crippen LogP contribution in [0.3, 0.4) is 0 Å². The van der Waals surface area contributed by atoms with Crippen LogP contribution in [0.2, 0.25) is 5.02 Å². The Labute approximate surface area is 194 Å². The number of hydrogen-bond donors (Lipinski definition) is 2. The van der Waals surface area contributed by atoms with Crippen LogP contribution in [0.5, 0.6) is 11.5 Å². The molecular formula is C23H29ClN2O5S. The van der Waals surface area contributed by atoms with E-state index in [1.165, 1.54) is 13.2 Å². The number of carbonyl (C=O) groups is 1. The van der Waals surface area contributed by atoms with Gasteiger partial charge in [-0.1, -0.05) is 55.8 Å². The average Bonchev–Trinajstić information content (AvgIpc) is 2.75. The van der Waals surface area contributed by atoms with Gasteiger partial charge >= 0.3 is 0 Å². The normalized spacial score (nSPS) is 11.7. The summed E-state index contributed by atoms with van der Waals surface area (Å²) in [7, 11) is -2.00. The summed E-state index contributed by atoms with van der Waals surface area (Å²) in [6.07, 6.45) is 2.88. The quantitative estimate of drug-likeness (QED) is 0.452. The van der Waals surface area contributed by atoms with Gasteiger partial charge in [-0.2, -0.15) is 0 Å². The van der Waals surface area contributed by atoms with Crippen molar-refractivity contribution in [1.29, 1.82) is 0 Å². The molecule has 0 aliphatic heterocycles. The van der Waals surface area contributed by atoms with Gasteiger partial charge in [0.15, 0.2) is 11.5 Å². The minimum Gasteiger partial charge on any atom is -0.493 e. The third-order valence-corrected chi connectivity index (χ3v) is 5.86. The number of rotatable bonds is 12. The molecule has 0 heterocycles. The van der Waals surface area contributed by atoms with E-state index in [-0.39, 0.29) is 18.8 Å². The van der Waals surface area contributed by atoms with E-state index in [0.29, 0.717) is 34.6 Å². The number of amides is 1. The minimum atomic E-state index is -3.51. The lowest BCUT2D eigenvalue weighted by molar-refractivity contribution is -0.116. The van der Waals surface area contributed by atoms with Crippen molar-refractivity contribution in [3.63, 3.8) is 0 Å². The number of carbonyl (C=O) groups excluding carboxylic acids is 1. The van der Waals surface area contributed by atoms with Crippen LogP contribution in [0.25, 0.3) is 6.08 Å². The van der Waals surface area contributed by atoms with Crippen molar-refractivity contribution in [2.24, 2.45) is 5.92 Å². The van der Waals surface area contributed by atoms with Crippen LogP contribution in [0.15, 0.2) is 48.5 Å². The number of sulfonamides is 1. The summed E-state index contributed by atoms with van der Waals surface area (Å²) in [5.41, 5.74) is 1.51. The first-order chi connectivity index (χ1) is 15.2. The maximum absolute atomic E-state index is 12.1. The monoisotopic (exact) mass is 480 g/mol. The first-order valence-corrected chi connectivity index (χ1v) is 12.2. The SMILES string of the molecule is COc1cc(/C=C/C(=O)NCCS(=O)(=O)NCc2ccccc2)cc(Cl)c1OCC(C)C. The number of methoxy groups -OCH3 is 1. The molecule has 0 saturated carbocycles. The van der Waals surface area contributed by atoms with E-state index in [9.17, 15) is 13.2 Å². The van der Waals surface area contributed by atoms with Crippen molar-refractivity contribution in [3.8, 4) is 11.5 Å². The van der Waals surface area contributed by atoms with Gasteiger partial charge in [0, 0.05) is 19.2 Å². The summed E-state index contributed by atoms with van der Waals surface area (Å²) in [5, 5.41) is 2.94. The van der Waals surface area contributed by atoms with Gasteiger partial charge < -0.3 is 14.8 Å². The van der Waals surface area contributed by atoms with Gasteiger partial charge in [0.2, 0.25) is 15.9 Å². The second kappa shape index (κ2) is 12.5. The lowest BCUT2D eigenvalue weighted by Gasteiger charge is -2.14. The largest absolute Gasteiger partial charge is 0.493 e. The Hall–Kier alpha value is -2.55. The molecule has 0 saturated heterocycles. The van der Waals surface area contributed by atoms with Crippen molar-refractivity contribution in [2.45, 2.75) is 20.4 Å². The van der Waals surface area contributed by atoms with E-state index < -0.39 is 15.9 Å². The van der Waals surface area contributed by atoms with E-state index in [0.717, 1.165) is 5.56 Å². The molecular weight excluding hydrogens is 452 g/mol. The molecule has 0 fully saturated rings. The van der Waals surface area contributed by atoms with Crippen molar-refractivity contribution in [2.75, 3.05) is 26.0 Å². The third kappa shape index (κ3) is 8.90. The fourth-order valence-electron chi connectivity index (χ4n) is 2.63. The van der Waals surface area contributed by atoms with Gasteiger partial charge in [-0.15, -0.1) is 0 Å². The highest BCUT2D eigenvalue weighted by molar-refractivity contribution is 7.89. The van der Waals surface area contributed by atoms with Crippen LogP contribution in [0.1, 0.15) is 25.0 Å². The van der Waals surface area contributed by atoms with Gasteiger partial charge in [0.1, 0.15) is 0 Å². The predicted octanol–water partition coefficient (Wildman–Crippen LogP) is 3.63. The highest BCUT2D eigenvalue weighted by Crippen LogP contribution is 2.37. The third-order valence-electron chi connectivity index (χ3n) is 4.25. The van der Waals surface area contributed by atoms with E-state index in [1.807, 2.05) is 44.2 Å². The molecule has 7 nitrogen and oxygen atoms in total. The Morgan fingerprint density at radius 2 is 1.91 bits per heavy atom. The number of nitrogens with one attached hydrogen (secondary N) is 2. The lowest BCUT2D eigenvalue weighted by Crippen LogP contribution is -2.33. The van der Waals surface area contributed by atoms with Crippen LogP contribution < -0.4 is 19.5 Å². The molecule has 0 unspecified atom stereocenters. The molecule has 0 bridgehead atoms. The van der Waals surface area contributed by atoms with Crippen molar-refractivity contribution in [3.05, 3.63) is 64.7 Å². The first kappa shape index (κ1) is 25.7. The summed E-state index contributed by atoms with van der Waals surface area (Å²) in [6, 6.07) is 12.6. The molecule has 0 aromatic heterocycles. The van der Waals surface area contributed by atoms with Crippen LogP contribution in [-0.2, 0) is 21.4 Å². The second-order valence-electron chi connectivity index (χ2n) is 7.49. The fourth-order valence-corrected chi connectivity index (χ4v) is 3.80. The van der Waals surface area contributed by atoms with Crippen molar-refractivity contribution >= 4 is 33.6 Å². The summed E-state index contributed by atoms with van der Waals surface area (Å²) in [4.78, 5) is 12.1. The Kier molecular flexibility index (Phi) is 10.0. The molecule has 0 aliphatic rings. The highest BCUT2D eigenvalue weighted by Gasteiger charge is 2.13. The van der Waals surface area contributed by atoms with Crippen LogP contribution in [0.4, 0.5) is 0 Å². The summed E-state index contributed by atoms with van der Waals surface area (Å²) in [5.74, 6) is 0.613. The van der Waals surface area contributed by atoms with Crippen LogP contribution in [-0.4, -0.2) is 40.3 Å². The smallest absolute Gasteiger partial charge is 0.244 e. The molecule has 0 spiro atoms. The van der Waals surface area contributed by atoms with E-state index >= 15 is 0 Å². The number of benzene rings is 2. The number of ether oxygens (including phenoxy) is 2. The summed E-state index contributed by atoms with van der Waals surface area (Å²) in [6.45, 7) is 4.74. The molecule has 2 N–H and O–H groups in total. The molecule has 2 aromatic rings. The van der Waals surface area contributed by atoms with Gasteiger partial charge in [-0.25, -0.2) is 13.1 Å². The highest BCUT2D eigenvalue weighted by atomic mass is 35.5. The van der Waals surface area contributed by atoms with Crippen LogP contribution in [0, 0.1) is 5.92 Å². The maximum Gasteiger partial charge on any atom is 0.244 e. The molecule has 9 heteroatoms. The Morgan fingerprint density at radius 3 is 2.56 bits per heavy atom. The molecule has 174 valence electrons. The predicted molar refractivity (Wildman–Crippen MR) is 127 cm³/mol. The maximum atomic E-state index is 12.1. The zero-order chi connectivity index (χ0) is 23.6. The Bertz CT molecular complexity index is 1020. The topological polar surface area (TPSA) is 93.7 Å². The van der Waals surface area contributed by atoms with Crippen LogP contribution >= 0.6 is 11.6 Å². The van der Waals surface area contributed by atoms with E-state index in [4.69, 9.17) is 21.1 Å². The first-order valence-electron chi connectivity index (χ1n) is 10.2. The van der Waals surface area contributed by atoms with Gasteiger partial charge in [0.05, 0.1) is 24.5 Å². The van der Waals surface area contributed by atoms with Gasteiger partial charge in [-0.05, 0) is 35.3 Å². The zero-order valence-corrected chi connectivity index (χ0v) is 20.0. The molecule has 2 rings (SSSR count). The minimum absolute atomic E-state index is 0.0145. The molecule has 0 atom stereocenters. The average molecular weight is 481 g/mol. The van der Waals surface area contributed by atoms with E-state index in [1.54, 1.807) is 18.2 Å². The summed E-state index contributed by atoms with van der Waals surface area (Å²) < 4.78 is 37.7. The lowest BCUT2D eigenvalue weighted by atomic mass is 10.1. The number of hydrogen-bond acceptors (Lipinski definition) is 5. The van der Waals surface area contributed by atoms with Crippen molar-refractivity contribution < 1.29 is 22.7 Å². The molecule has 1 amide bonds. The molecule has 2 aromatic carbocycles. The van der Waals surface area contributed by atoms with Gasteiger partial charge in [-0.3, -0.25) is 4.79 Å². The van der Waals surface area contributed by atoms with E-state index in [2.05, 4.69) is 10.0 Å². The molecule has 0 radical (unpaired) electrons. The fraction of sp³-hybridized carbons (Fsp3) is 0.348. The Morgan fingerprint density at radius 1 is 1.19 bits per heavy atom. The zero-order valence-electron chi connectivity index (χ0n) is 18.4. The standard InChI is InChI=1S/C23H29ClN2O5S/c1-17(2)16-31-23-20(24)13-19(14-21(23)30-3)9-10-22(27)25-11-12-32(28,29)26-15-18-7-5-4-6-8-18/h4-10,13-14,17,26H,11-12,15-16H2,1-3H3,(H,25,27)/b10-9+. The molecule has 32 heavy (non-hydrogen) atoms. The second-order valence-corrected chi connectivity index (χ2v) is 9.82. The number of halogens is 1. The van der Waals surface area contributed by atoms with Gasteiger partial charge in [0.25, 0.3) is 0 Å². The summed E-state index contributed by atoms with van der Waals surface area (Å²) >= 11 is 6.31. The molecule has 0 aliphatic carbocycles. The Balaban J connectivity index is 1.87. The van der Waals surface area contributed by atoms with Crippen molar-refractivity contribution in [1.82, 2.24) is 10.0 Å².